The van der Waals surface area contributed by atoms with Crippen LogP contribution in [-0.4, -0.2) is 36.5 Å². The van der Waals surface area contributed by atoms with Crippen LogP contribution in [0.5, 0.6) is 0 Å². The van der Waals surface area contributed by atoms with Crippen molar-refractivity contribution in [2.45, 2.75) is 13.1 Å². The van der Waals surface area contributed by atoms with Gasteiger partial charge in [0.15, 0.2) is 5.69 Å². The maximum absolute atomic E-state index is 12.1. The van der Waals surface area contributed by atoms with E-state index in [1.165, 1.54) is 23.1 Å². The lowest BCUT2D eigenvalue weighted by Gasteiger charge is -2.02. The molecule has 3 rings (SSSR count). The number of carbonyl (C=O) groups is 2. The van der Waals surface area contributed by atoms with E-state index in [1.807, 2.05) is 18.2 Å². The van der Waals surface area contributed by atoms with Crippen LogP contribution in [-0.2, 0) is 17.9 Å². The normalized spacial score (nSPS) is 10.6. The molecular weight excluding hydrogens is 346 g/mol. The molecule has 2 aromatic heterocycles. The first kappa shape index (κ1) is 16.7. The average Bonchev–Trinajstić information content (AvgIpc) is 3.16. The Morgan fingerprint density at radius 3 is 2.84 bits per heavy atom. The highest BCUT2D eigenvalue weighted by atomic mass is 35.5. The number of hydrogen-bond donors (Lipinski definition) is 2. The van der Waals surface area contributed by atoms with Gasteiger partial charge in [0.1, 0.15) is 6.54 Å². The molecule has 128 valence electrons. The first-order chi connectivity index (χ1) is 12.0. The summed E-state index contributed by atoms with van der Waals surface area (Å²) in [5, 5.41) is 20.1. The fourth-order valence-corrected chi connectivity index (χ4v) is 2.45. The van der Waals surface area contributed by atoms with E-state index < -0.39 is 11.9 Å². The summed E-state index contributed by atoms with van der Waals surface area (Å²) < 4.78 is 2.85. The van der Waals surface area contributed by atoms with Crippen LogP contribution in [0.15, 0.2) is 48.9 Å². The second-order valence-corrected chi connectivity index (χ2v) is 5.74. The van der Waals surface area contributed by atoms with Crippen LogP contribution in [0.4, 0.5) is 5.69 Å². The Hall–Kier alpha value is -3.13. The van der Waals surface area contributed by atoms with E-state index in [0.29, 0.717) is 17.3 Å². The molecule has 0 saturated heterocycles. The smallest absolute Gasteiger partial charge is 0.325 e. The Labute approximate surface area is 147 Å². The van der Waals surface area contributed by atoms with Gasteiger partial charge in [-0.3, -0.25) is 19.0 Å². The van der Waals surface area contributed by atoms with Crippen LogP contribution in [0.2, 0.25) is 5.02 Å². The summed E-state index contributed by atoms with van der Waals surface area (Å²) >= 11 is 5.95. The van der Waals surface area contributed by atoms with Gasteiger partial charge in [0.2, 0.25) is 0 Å². The van der Waals surface area contributed by atoms with Crippen molar-refractivity contribution in [2.75, 3.05) is 5.32 Å². The van der Waals surface area contributed by atoms with E-state index in [2.05, 4.69) is 15.5 Å². The molecule has 0 spiro atoms. The molecule has 1 amide bonds. The monoisotopic (exact) mass is 359 g/mol. The quantitative estimate of drug-likeness (QED) is 0.701. The van der Waals surface area contributed by atoms with Crippen molar-refractivity contribution in [1.29, 1.82) is 0 Å². The van der Waals surface area contributed by atoms with Gasteiger partial charge in [0, 0.05) is 17.4 Å². The lowest BCUT2D eigenvalue weighted by molar-refractivity contribution is -0.137. The third-order valence-corrected chi connectivity index (χ3v) is 3.53. The number of nitrogens with zero attached hydrogens (tertiary/aromatic N) is 4. The van der Waals surface area contributed by atoms with Crippen LogP contribution < -0.4 is 5.32 Å². The molecule has 0 bridgehead atoms. The standard InChI is InChI=1S/C16H14ClN5O3/c17-12-3-1-2-11(6-12)8-22-9-13(7-18-22)19-16(25)14-4-5-21(20-14)10-15(23)24/h1-7,9H,8,10H2,(H,19,25)(H,23,24). The number of hydrogen-bond acceptors (Lipinski definition) is 4. The van der Waals surface area contributed by atoms with Crippen molar-refractivity contribution < 1.29 is 14.7 Å². The fourth-order valence-electron chi connectivity index (χ4n) is 2.24. The summed E-state index contributed by atoms with van der Waals surface area (Å²) in [4.78, 5) is 22.8. The average molecular weight is 360 g/mol. The summed E-state index contributed by atoms with van der Waals surface area (Å²) in [5.41, 5.74) is 1.63. The van der Waals surface area contributed by atoms with Gasteiger partial charge >= 0.3 is 5.97 Å². The highest BCUT2D eigenvalue weighted by Crippen LogP contribution is 2.13. The zero-order chi connectivity index (χ0) is 17.8. The molecule has 0 saturated carbocycles. The van der Waals surface area contributed by atoms with Gasteiger partial charge in [-0.25, -0.2) is 0 Å². The topological polar surface area (TPSA) is 102 Å². The molecule has 9 heteroatoms. The van der Waals surface area contributed by atoms with Gasteiger partial charge in [-0.2, -0.15) is 10.2 Å². The summed E-state index contributed by atoms with van der Waals surface area (Å²) in [5.74, 6) is -1.47. The highest BCUT2D eigenvalue weighted by Gasteiger charge is 2.12. The van der Waals surface area contributed by atoms with Crippen LogP contribution in [0.25, 0.3) is 0 Å². The minimum Gasteiger partial charge on any atom is -0.480 e. The van der Waals surface area contributed by atoms with E-state index in [0.717, 1.165) is 5.56 Å². The molecule has 2 heterocycles. The van der Waals surface area contributed by atoms with Crippen molar-refractivity contribution in [2.24, 2.45) is 0 Å². The predicted molar refractivity (Wildman–Crippen MR) is 90.6 cm³/mol. The number of amides is 1. The number of aliphatic carboxylic acids is 1. The number of carboxylic acids is 1. The molecule has 25 heavy (non-hydrogen) atoms. The molecule has 0 fully saturated rings. The number of aromatic nitrogens is 4. The molecule has 0 radical (unpaired) electrons. The van der Waals surface area contributed by atoms with Gasteiger partial charge in [0.05, 0.1) is 18.4 Å². The third kappa shape index (κ3) is 4.45. The summed E-state index contributed by atoms with van der Waals surface area (Å²) in [6.07, 6.45) is 4.65. The lowest BCUT2D eigenvalue weighted by atomic mass is 10.2. The maximum atomic E-state index is 12.1. The molecule has 2 N–H and O–H groups in total. The van der Waals surface area contributed by atoms with Gasteiger partial charge in [0.25, 0.3) is 5.91 Å². The summed E-state index contributed by atoms with van der Waals surface area (Å²) in [7, 11) is 0. The molecule has 8 nitrogen and oxygen atoms in total. The Kier molecular flexibility index (Phi) is 4.80. The first-order valence-corrected chi connectivity index (χ1v) is 7.71. The molecule has 0 aliphatic heterocycles. The first-order valence-electron chi connectivity index (χ1n) is 7.33. The minimum atomic E-state index is -1.03. The van der Waals surface area contributed by atoms with Crippen molar-refractivity contribution in [3.63, 3.8) is 0 Å². The largest absolute Gasteiger partial charge is 0.480 e. The van der Waals surface area contributed by atoms with E-state index in [1.54, 1.807) is 16.9 Å². The van der Waals surface area contributed by atoms with Crippen LogP contribution in [0, 0.1) is 0 Å². The molecule has 3 aromatic rings. The van der Waals surface area contributed by atoms with Crippen LogP contribution in [0.1, 0.15) is 16.1 Å². The van der Waals surface area contributed by atoms with E-state index in [4.69, 9.17) is 16.7 Å². The molecule has 0 aliphatic carbocycles. The number of nitrogens with one attached hydrogen (secondary N) is 1. The fraction of sp³-hybridized carbons (Fsp3) is 0.125. The van der Waals surface area contributed by atoms with Gasteiger partial charge in [-0.1, -0.05) is 23.7 Å². The lowest BCUT2D eigenvalue weighted by Crippen LogP contribution is -2.14. The Bertz CT molecular complexity index is 918. The van der Waals surface area contributed by atoms with Gasteiger partial charge in [-0.15, -0.1) is 0 Å². The van der Waals surface area contributed by atoms with Crippen molar-refractivity contribution >= 4 is 29.2 Å². The molecular formula is C16H14ClN5O3. The van der Waals surface area contributed by atoms with Crippen LogP contribution >= 0.6 is 11.6 Å². The van der Waals surface area contributed by atoms with Crippen LogP contribution in [0.3, 0.4) is 0 Å². The van der Waals surface area contributed by atoms with E-state index in [-0.39, 0.29) is 12.2 Å². The molecule has 0 unspecified atom stereocenters. The van der Waals surface area contributed by atoms with Gasteiger partial charge < -0.3 is 10.4 Å². The maximum Gasteiger partial charge on any atom is 0.325 e. The molecule has 1 aromatic carbocycles. The third-order valence-electron chi connectivity index (χ3n) is 3.30. The number of carbonyl (C=O) groups excluding carboxylic acids is 1. The number of benzene rings is 1. The Balaban J connectivity index is 1.63. The number of anilines is 1. The summed E-state index contributed by atoms with van der Waals surface area (Å²) in [6, 6.07) is 8.88. The van der Waals surface area contributed by atoms with Crippen molar-refractivity contribution in [3.8, 4) is 0 Å². The summed E-state index contributed by atoms with van der Waals surface area (Å²) in [6.45, 7) is 0.217. The van der Waals surface area contributed by atoms with Gasteiger partial charge in [-0.05, 0) is 23.8 Å². The second kappa shape index (κ2) is 7.18. The van der Waals surface area contributed by atoms with E-state index in [9.17, 15) is 9.59 Å². The molecule has 0 atom stereocenters. The predicted octanol–water partition coefficient (Wildman–Crippen LogP) is 2.12. The van der Waals surface area contributed by atoms with E-state index >= 15 is 0 Å². The number of carboxylic acid groups (broad SMARTS) is 1. The second-order valence-electron chi connectivity index (χ2n) is 5.30. The minimum absolute atomic E-state index is 0.129. The SMILES string of the molecule is O=C(O)Cn1ccc(C(=O)Nc2cnn(Cc3cccc(Cl)c3)c2)n1. The highest BCUT2D eigenvalue weighted by molar-refractivity contribution is 6.30. The Morgan fingerprint density at radius 1 is 1.24 bits per heavy atom. The number of halogens is 1. The van der Waals surface area contributed by atoms with Crippen molar-refractivity contribution in [3.05, 3.63) is 65.2 Å². The molecule has 0 aliphatic rings. The number of rotatable bonds is 6. The Morgan fingerprint density at radius 2 is 2.08 bits per heavy atom. The zero-order valence-electron chi connectivity index (χ0n) is 13.0. The zero-order valence-corrected chi connectivity index (χ0v) is 13.7. The van der Waals surface area contributed by atoms with Crippen molar-refractivity contribution in [1.82, 2.24) is 19.6 Å².